The van der Waals surface area contributed by atoms with Crippen LogP contribution in [-0.2, 0) is 10.8 Å². The molecule has 0 unspecified atom stereocenters. The summed E-state index contributed by atoms with van der Waals surface area (Å²) in [5.41, 5.74) is 23.7. The number of aromatic amines is 1. The summed E-state index contributed by atoms with van der Waals surface area (Å²) in [4.78, 5) is 3.62. The third-order valence-electron chi connectivity index (χ3n) is 18.7. The van der Waals surface area contributed by atoms with Crippen LogP contribution < -0.4 is 0 Å². The maximum absolute atomic E-state index is 6.70. The molecule has 6 aromatic heterocycles. The largest absolute Gasteiger partial charge is 0.455 e. The first-order valence-electron chi connectivity index (χ1n) is 29.1. The molecule has 404 valence electrons. The highest BCUT2D eigenvalue weighted by Crippen LogP contribution is 2.54. The van der Waals surface area contributed by atoms with Crippen LogP contribution in [0.2, 0.25) is 0 Å². The monoisotopic (exact) mass is 1160 g/mol. The van der Waals surface area contributed by atoms with Gasteiger partial charge in [-0.05, 0) is 105 Å². The van der Waals surface area contributed by atoms with Crippen molar-refractivity contribution in [3.05, 3.63) is 257 Å². The summed E-state index contributed by atoms with van der Waals surface area (Å²) >= 11 is 3.56. The van der Waals surface area contributed by atoms with Gasteiger partial charge in [0, 0.05) is 58.8 Å². The minimum atomic E-state index is -0.0929. The Bertz CT molecular complexity index is 5630. The second kappa shape index (κ2) is 17.5. The zero-order valence-corrected chi connectivity index (χ0v) is 48.5. The van der Waals surface area contributed by atoms with E-state index in [1.54, 1.807) is 0 Å². The van der Waals surface area contributed by atoms with Crippen molar-refractivity contribution in [1.29, 1.82) is 0 Å². The Morgan fingerprint density at radius 2 is 0.729 bits per heavy atom. The Labute approximate surface area is 495 Å². The fourth-order valence-corrected chi connectivity index (χ4v) is 15.2. The van der Waals surface area contributed by atoms with E-state index in [4.69, 9.17) is 17.7 Å². The van der Waals surface area contributed by atoms with Gasteiger partial charge >= 0.3 is 0 Å². The summed E-state index contributed by atoms with van der Waals surface area (Å²) in [6.07, 6.45) is 0. The molecule has 0 bridgehead atoms. The summed E-state index contributed by atoms with van der Waals surface area (Å²) in [6, 6.07) is 81.3. The van der Waals surface area contributed by atoms with E-state index in [1.807, 2.05) is 42.5 Å². The highest BCUT2D eigenvalue weighted by molar-refractivity contribution is 9.10. The number of nitrogens with one attached hydrogen (secondary N) is 1. The van der Waals surface area contributed by atoms with Gasteiger partial charge in [-0.15, -0.1) is 0 Å². The number of para-hydroxylation sites is 6. The van der Waals surface area contributed by atoms with E-state index in [1.165, 1.54) is 55.3 Å². The molecule has 7 heteroatoms. The molecule has 12 aromatic carbocycles. The van der Waals surface area contributed by atoms with Crippen molar-refractivity contribution in [3.8, 4) is 27.9 Å². The Morgan fingerprint density at radius 3 is 1.29 bits per heavy atom. The molecule has 0 radical (unpaired) electrons. The second-order valence-electron chi connectivity index (χ2n) is 24.0. The molecule has 18 aromatic rings. The van der Waals surface area contributed by atoms with Gasteiger partial charge in [-0.3, -0.25) is 0 Å². The van der Waals surface area contributed by atoms with Crippen LogP contribution in [0.3, 0.4) is 0 Å². The summed E-state index contributed by atoms with van der Waals surface area (Å²) in [5.74, 6) is 0. The normalized spacial score (nSPS) is 13.9. The van der Waals surface area contributed by atoms with Crippen LogP contribution in [0, 0.1) is 0 Å². The van der Waals surface area contributed by atoms with Gasteiger partial charge < -0.3 is 27.2 Å². The highest BCUT2D eigenvalue weighted by Gasteiger charge is 2.37. The van der Waals surface area contributed by atoms with E-state index in [0.29, 0.717) is 0 Å². The van der Waals surface area contributed by atoms with Gasteiger partial charge in [0.1, 0.15) is 44.7 Å². The molecule has 6 nitrogen and oxygen atoms in total. The van der Waals surface area contributed by atoms with Gasteiger partial charge in [-0.25, -0.2) is 0 Å². The van der Waals surface area contributed by atoms with Crippen molar-refractivity contribution in [2.24, 2.45) is 0 Å². The lowest BCUT2D eigenvalue weighted by molar-refractivity contribution is 0.660. The first kappa shape index (κ1) is 48.5. The Morgan fingerprint density at radius 1 is 0.341 bits per heavy atom. The average molecular weight is 1160 g/mol. The first-order chi connectivity index (χ1) is 41.6. The van der Waals surface area contributed by atoms with Crippen molar-refractivity contribution in [2.75, 3.05) is 0 Å². The molecule has 6 heterocycles. The van der Waals surface area contributed by atoms with E-state index in [2.05, 4.69) is 241 Å². The molecule has 0 saturated heterocycles. The van der Waals surface area contributed by atoms with Crippen molar-refractivity contribution >= 4 is 147 Å². The molecule has 2 aliphatic rings. The van der Waals surface area contributed by atoms with Crippen LogP contribution in [-0.4, -0.2) is 9.55 Å². The zero-order valence-electron chi connectivity index (χ0n) is 46.9. The molecule has 0 fully saturated rings. The zero-order chi connectivity index (χ0) is 56.6. The molecule has 0 saturated carbocycles. The van der Waals surface area contributed by atoms with Gasteiger partial charge in [0.05, 0.1) is 48.9 Å². The number of benzene rings is 12. The van der Waals surface area contributed by atoms with E-state index < -0.39 is 0 Å². The molecule has 0 spiro atoms. The van der Waals surface area contributed by atoms with Crippen LogP contribution in [0.4, 0.5) is 0 Å². The van der Waals surface area contributed by atoms with Crippen LogP contribution in [0.1, 0.15) is 49.9 Å². The SMILES string of the molecule is CC1(C)c2ccccc2-c2ccc(-n3c4ccccc4c4c5oc6ccccc6c5c5oc6ccccc6c5c43)cc21.CC1(C)c2ccccc2-c2ccc(Br)cc21.c1ccc2c(c1)[nH]c1c2c2oc3ccccc3c2c2oc3ccccc3c12. The van der Waals surface area contributed by atoms with E-state index in [-0.39, 0.29) is 10.8 Å². The molecule has 0 atom stereocenters. The van der Waals surface area contributed by atoms with Crippen molar-refractivity contribution in [3.63, 3.8) is 0 Å². The predicted molar refractivity (Wildman–Crippen MR) is 355 cm³/mol. The molecular formula is C78H51BrN2O4. The smallest absolute Gasteiger partial charge is 0.149 e. The standard InChI is InChI=1S/C39H25NO2.C24H13NO2.C15H13Br/c1-39(2)28-15-7-3-11-23(28)24-20-19-22(21-29(24)39)40-30-16-8-4-12-25(30)33-36(40)34-26-13-5-9-17-31(26)41-38(34)35-27-14-6-10-18-32(27)42-37(33)35;1-4-10-16-13(7-1)19-22(25-16)20-14-8-2-5-11-17(14)26-24(20)21-15-9-3-6-12-18(15)27-23(19)21;1-15(2)13-6-4-3-5-11(13)12-8-7-10(16)9-14(12)15/h3-21H,1-2H3;1-12,25H;3-9H,1-2H3. The van der Waals surface area contributed by atoms with Gasteiger partial charge in [-0.1, -0.05) is 213 Å². The van der Waals surface area contributed by atoms with Crippen molar-refractivity contribution in [2.45, 2.75) is 38.5 Å². The topological polar surface area (TPSA) is 73.3 Å². The van der Waals surface area contributed by atoms with E-state index in [9.17, 15) is 0 Å². The van der Waals surface area contributed by atoms with Gasteiger partial charge in [-0.2, -0.15) is 0 Å². The third kappa shape index (κ3) is 6.64. The Kier molecular flexibility index (Phi) is 9.97. The molecule has 1 N–H and O–H groups in total. The van der Waals surface area contributed by atoms with Gasteiger partial charge in [0.15, 0.2) is 0 Å². The molecule has 85 heavy (non-hydrogen) atoms. The summed E-state index contributed by atoms with van der Waals surface area (Å²) in [6.45, 7) is 9.27. The second-order valence-corrected chi connectivity index (χ2v) is 24.9. The van der Waals surface area contributed by atoms with Crippen LogP contribution in [0.15, 0.2) is 253 Å². The minimum absolute atomic E-state index is 0.0929. The summed E-state index contributed by atoms with van der Waals surface area (Å²) in [7, 11) is 0. The van der Waals surface area contributed by atoms with Gasteiger partial charge in [0.25, 0.3) is 0 Å². The summed E-state index contributed by atoms with van der Waals surface area (Å²) in [5, 5.41) is 13.3. The lowest BCUT2D eigenvalue weighted by Crippen LogP contribution is -2.15. The van der Waals surface area contributed by atoms with Crippen LogP contribution >= 0.6 is 15.9 Å². The third-order valence-corrected chi connectivity index (χ3v) is 19.2. The Balaban J connectivity index is 0.000000108. The molecule has 0 aliphatic heterocycles. The molecular weight excluding hydrogens is 1110 g/mol. The van der Waals surface area contributed by atoms with E-state index in [0.717, 1.165) is 131 Å². The summed E-state index contributed by atoms with van der Waals surface area (Å²) < 4.78 is 29.7. The molecule has 0 amide bonds. The van der Waals surface area contributed by atoms with Crippen molar-refractivity contribution in [1.82, 2.24) is 9.55 Å². The fraction of sp³-hybridized carbons (Fsp3) is 0.0769. The maximum atomic E-state index is 6.70. The number of hydrogen-bond acceptors (Lipinski definition) is 4. The van der Waals surface area contributed by atoms with Crippen molar-refractivity contribution < 1.29 is 17.7 Å². The number of hydrogen-bond donors (Lipinski definition) is 1. The average Bonchev–Trinajstić information content (AvgIpc) is 1.63. The minimum Gasteiger partial charge on any atom is -0.455 e. The molecule has 2 aliphatic carbocycles. The quantitative estimate of drug-likeness (QED) is 0.178. The number of fused-ring (bicyclic) bond motifs is 30. The lowest BCUT2D eigenvalue weighted by Gasteiger charge is -2.22. The maximum Gasteiger partial charge on any atom is 0.149 e. The number of aromatic nitrogens is 2. The molecule has 20 rings (SSSR count). The van der Waals surface area contributed by atoms with Crippen LogP contribution in [0.25, 0.3) is 159 Å². The highest BCUT2D eigenvalue weighted by atomic mass is 79.9. The number of rotatable bonds is 1. The number of furan rings is 4. The van der Waals surface area contributed by atoms with Gasteiger partial charge in [0.2, 0.25) is 0 Å². The van der Waals surface area contributed by atoms with E-state index >= 15 is 0 Å². The Hall–Kier alpha value is -10.1. The lowest BCUT2D eigenvalue weighted by atomic mass is 9.82. The predicted octanol–water partition coefficient (Wildman–Crippen LogP) is 22.8. The fourth-order valence-electron chi connectivity index (χ4n) is 14.9. The van der Waals surface area contributed by atoms with Crippen LogP contribution in [0.5, 0.6) is 0 Å². The number of halogens is 1. The first-order valence-corrected chi connectivity index (χ1v) is 29.9. The number of nitrogens with zero attached hydrogens (tertiary/aromatic N) is 1. The number of H-pyrrole nitrogens is 1.